The summed E-state index contributed by atoms with van der Waals surface area (Å²) in [7, 11) is 0. The van der Waals surface area contributed by atoms with Crippen LogP contribution in [0.15, 0.2) is 23.3 Å². The molecular formula is C15H22. The molecule has 3 rings (SSSR count). The maximum absolute atomic E-state index is 2.54. The summed E-state index contributed by atoms with van der Waals surface area (Å²) in [6, 6.07) is 0. The van der Waals surface area contributed by atoms with Gasteiger partial charge >= 0.3 is 0 Å². The Morgan fingerprint density at radius 1 is 1.40 bits per heavy atom. The summed E-state index contributed by atoms with van der Waals surface area (Å²) in [6.07, 6.45) is 16.5. The lowest BCUT2D eigenvalue weighted by atomic mass is 9.86. The van der Waals surface area contributed by atoms with Crippen LogP contribution in [0, 0.1) is 11.3 Å². The second kappa shape index (κ2) is 3.50. The second-order valence-electron chi connectivity index (χ2n) is 5.83. The van der Waals surface area contributed by atoms with Crippen molar-refractivity contribution < 1.29 is 0 Å². The molecule has 0 aliphatic heterocycles. The first-order chi connectivity index (χ1) is 7.31. The summed E-state index contributed by atoms with van der Waals surface area (Å²) in [5.74, 6) is 0.965. The van der Waals surface area contributed by atoms with Gasteiger partial charge in [0.2, 0.25) is 0 Å². The van der Waals surface area contributed by atoms with Gasteiger partial charge in [0.05, 0.1) is 0 Å². The highest BCUT2D eigenvalue weighted by Crippen LogP contribution is 2.55. The van der Waals surface area contributed by atoms with Crippen LogP contribution >= 0.6 is 0 Å². The van der Waals surface area contributed by atoms with E-state index < -0.39 is 0 Å². The van der Waals surface area contributed by atoms with E-state index in [1.165, 1.54) is 51.4 Å². The summed E-state index contributed by atoms with van der Waals surface area (Å²) < 4.78 is 0. The lowest BCUT2D eigenvalue weighted by Gasteiger charge is -2.20. The normalized spacial score (nSPS) is 29.1. The van der Waals surface area contributed by atoms with E-state index in [1.54, 1.807) is 11.1 Å². The fraction of sp³-hybridized carbons (Fsp3) is 0.733. The molecule has 15 heavy (non-hydrogen) atoms. The molecule has 0 N–H and O–H groups in total. The highest BCUT2D eigenvalue weighted by Gasteiger charge is 2.42. The van der Waals surface area contributed by atoms with Crippen molar-refractivity contribution in [3.8, 4) is 0 Å². The van der Waals surface area contributed by atoms with Gasteiger partial charge in [0.15, 0.2) is 0 Å². The Hall–Kier alpha value is -0.520. The van der Waals surface area contributed by atoms with Crippen molar-refractivity contribution in [2.24, 2.45) is 11.3 Å². The first kappa shape index (κ1) is 9.69. The van der Waals surface area contributed by atoms with E-state index in [4.69, 9.17) is 0 Å². The van der Waals surface area contributed by atoms with Gasteiger partial charge in [-0.1, -0.05) is 30.2 Å². The number of hydrogen-bond acceptors (Lipinski definition) is 0. The summed E-state index contributed by atoms with van der Waals surface area (Å²) in [5.41, 5.74) is 4.17. The fourth-order valence-corrected chi connectivity index (χ4v) is 2.92. The molecule has 0 radical (unpaired) electrons. The van der Waals surface area contributed by atoms with Gasteiger partial charge in [0, 0.05) is 0 Å². The SMILES string of the molecule is CC/C(=C\C1=CCC2(CC1)CC2)C1CC1. The van der Waals surface area contributed by atoms with Crippen molar-refractivity contribution in [3.63, 3.8) is 0 Å². The van der Waals surface area contributed by atoms with Gasteiger partial charge < -0.3 is 0 Å². The van der Waals surface area contributed by atoms with E-state index in [0.29, 0.717) is 0 Å². The van der Waals surface area contributed by atoms with Crippen LogP contribution in [0.5, 0.6) is 0 Å². The average Bonchev–Trinajstić information content (AvgIpc) is 3.12. The van der Waals surface area contributed by atoms with Gasteiger partial charge in [-0.2, -0.15) is 0 Å². The predicted molar refractivity (Wildman–Crippen MR) is 64.7 cm³/mol. The largest absolute Gasteiger partial charge is 0.0808 e. The van der Waals surface area contributed by atoms with E-state index in [0.717, 1.165) is 11.3 Å². The number of hydrogen-bond donors (Lipinski definition) is 0. The molecule has 0 amide bonds. The van der Waals surface area contributed by atoms with Crippen molar-refractivity contribution >= 4 is 0 Å². The minimum absolute atomic E-state index is 0.795. The monoisotopic (exact) mass is 202 g/mol. The zero-order chi connectivity index (χ0) is 10.3. The quantitative estimate of drug-likeness (QED) is 0.626. The van der Waals surface area contributed by atoms with Crippen molar-refractivity contribution in [1.29, 1.82) is 0 Å². The van der Waals surface area contributed by atoms with Crippen LogP contribution in [0.25, 0.3) is 0 Å². The summed E-state index contributed by atoms with van der Waals surface area (Å²) in [5, 5.41) is 0. The van der Waals surface area contributed by atoms with Crippen molar-refractivity contribution in [2.75, 3.05) is 0 Å². The fourth-order valence-electron chi connectivity index (χ4n) is 2.92. The first-order valence-electron chi connectivity index (χ1n) is 6.71. The smallest absolute Gasteiger partial charge is 0.0200 e. The highest BCUT2D eigenvalue weighted by molar-refractivity contribution is 5.29. The minimum atomic E-state index is 0.795. The average molecular weight is 202 g/mol. The van der Waals surface area contributed by atoms with Crippen LogP contribution in [0.2, 0.25) is 0 Å². The molecule has 0 nitrogen and oxygen atoms in total. The molecule has 2 saturated carbocycles. The number of rotatable bonds is 3. The molecule has 0 unspecified atom stereocenters. The third-order valence-electron chi connectivity index (χ3n) is 4.58. The zero-order valence-corrected chi connectivity index (χ0v) is 9.89. The lowest BCUT2D eigenvalue weighted by molar-refractivity contribution is 0.453. The van der Waals surface area contributed by atoms with Gasteiger partial charge in [0.1, 0.15) is 0 Å². The molecule has 0 aromatic heterocycles. The van der Waals surface area contributed by atoms with Gasteiger partial charge in [0.25, 0.3) is 0 Å². The van der Waals surface area contributed by atoms with Crippen LogP contribution in [0.1, 0.15) is 58.3 Å². The van der Waals surface area contributed by atoms with E-state index >= 15 is 0 Å². The molecule has 0 atom stereocenters. The van der Waals surface area contributed by atoms with Gasteiger partial charge in [-0.3, -0.25) is 0 Å². The minimum Gasteiger partial charge on any atom is -0.0808 e. The maximum Gasteiger partial charge on any atom is -0.0200 e. The molecule has 0 heteroatoms. The molecular weight excluding hydrogens is 180 g/mol. The molecule has 0 bridgehead atoms. The second-order valence-corrected chi connectivity index (χ2v) is 5.83. The molecule has 0 heterocycles. The molecule has 0 saturated heterocycles. The molecule has 3 aliphatic carbocycles. The van der Waals surface area contributed by atoms with Gasteiger partial charge in [-0.05, 0) is 62.7 Å². The topological polar surface area (TPSA) is 0 Å². The van der Waals surface area contributed by atoms with Gasteiger partial charge in [-0.25, -0.2) is 0 Å². The highest BCUT2D eigenvalue weighted by atomic mass is 14.5. The molecule has 3 aliphatic rings. The molecule has 1 spiro atoms. The van der Waals surface area contributed by atoms with Crippen LogP contribution in [0.4, 0.5) is 0 Å². The molecule has 0 aromatic rings. The Balaban J connectivity index is 1.69. The van der Waals surface area contributed by atoms with E-state index in [9.17, 15) is 0 Å². The molecule has 82 valence electrons. The van der Waals surface area contributed by atoms with Crippen molar-refractivity contribution in [2.45, 2.75) is 58.3 Å². The lowest BCUT2D eigenvalue weighted by Crippen LogP contribution is -2.05. The number of allylic oxidation sites excluding steroid dienone is 4. The summed E-state index contributed by atoms with van der Waals surface area (Å²) in [6.45, 7) is 2.32. The summed E-state index contributed by atoms with van der Waals surface area (Å²) >= 11 is 0. The van der Waals surface area contributed by atoms with Crippen molar-refractivity contribution in [3.05, 3.63) is 23.3 Å². The standard InChI is InChI=1S/C15H22/c1-2-13(14-3-4-14)11-12-5-7-15(8-6-12)9-10-15/h5,11,14H,2-4,6-10H2,1H3/b13-11+. The molecule has 2 fully saturated rings. The first-order valence-corrected chi connectivity index (χ1v) is 6.71. The third-order valence-corrected chi connectivity index (χ3v) is 4.58. The zero-order valence-electron chi connectivity index (χ0n) is 9.89. The third kappa shape index (κ3) is 2.04. The van der Waals surface area contributed by atoms with Crippen LogP contribution in [-0.2, 0) is 0 Å². The Kier molecular flexibility index (Phi) is 2.26. The Morgan fingerprint density at radius 2 is 2.20 bits per heavy atom. The Bertz CT molecular complexity index is 311. The van der Waals surface area contributed by atoms with Gasteiger partial charge in [-0.15, -0.1) is 0 Å². The van der Waals surface area contributed by atoms with E-state index in [1.807, 2.05) is 0 Å². The Labute approximate surface area is 93.5 Å². The van der Waals surface area contributed by atoms with Crippen LogP contribution in [0.3, 0.4) is 0 Å². The van der Waals surface area contributed by atoms with E-state index in [-0.39, 0.29) is 0 Å². The predicted octanol–water partition coefficient (Wildman–Crippen LogP) is 4.62. The Morgan fingerprint density at radius 3 is 2.67 bits per heavy atom. The van der Waals surface area contributed by atoms with E-state index in [2.05, 4.69) is 19.1 Å². The van der Waals surface area contributed by atoms with Crippen LogP contribution < -0.4 is 0 Å². The molecule has 0 aromatic carbocycles. The van der Waals surface area contributed by atoms with Crippen LogP contribution in [-0.4, -0.2) is 0 Å². The summed E-state index contributed by atoms with van der Waals surface area (Å²) in [4.78, 5) is 0. The maximum atomic E-state index is 2.54. The van der Waals surface area contributed by atoms with Crippen molar-refractivity contribution in [1.82, 2.24) is 0 Å².